The molecule has 31 heavy (non-hydrogen) atoms. The zero-order valence-corrected chi connectivity index (χ0v) is 16.6. The number of nitrogens with one attached hydrogen (secondary N) is 1. The van der Waals surface area contributed by atoms with Crippen LogP contribution < -0.4 is 15.2 Å². The summed E-state index contributed by atoms with van der Waals surface area (Å²) in [6.45, 7) is 0. The summed E-state index contributed by atoms with van der Waals surface area (Å²) in [6, 6.07) is 22.5. The van der Waals surface area contributed by atoms with Crippen LogP contribution in [-0.4, -0.2) is 28.8 Å². The Labute approximate surface area is 178 Å². The Morgan fingerprint density at radius 2 is 1.61 bits per heavy atom. The number of benzene rings is 3. The number of aromatic carboxylic acids is 1. The summed E-state index contributed by atoms with van der Waals surface area (Å²) < 4.78 is 6.86. The molecular weight excluding hydrogens is 394 g/mol. The van der Waals surface area contributed by atoms with Gasteiger partial charge < -0.3 is 20.0 Å². The maximum absolute atomic E-state index is 13.1. The first-order valence-corrected chi connectivity index (χ1v) is 9.47. The monoisotopic (exact) mass is 412 g/mol. The maximum atomic E-state index is 13.1. The van der Waals surface area contributed by atoms with Gasteiger partial charge >= 0.3 is 0 Å². The highest BCUT2D eigenvalue weighted by atomic mass is 16.5. The molecule has 0 saturated carbocycles. The van der Waals surface area contributed by atoms with Crippen molar-refractivity contribution in [2.45, 2.75) is 0 Å². The van der Waals surface area contributed by atoms with E-state index in [4.69, 9.17) is 4.74 Å². The lowest BCUT2D eigenvalue weighted by molar-refractivity contribution is -0.255. The Kier molecular flexibility index (Phi) is 5.49. The van der Waals surface area contributed by atoms with E-state index in [1.165, 1.54) is 24.3 Å². The number of carbonyl (C=O) groups is 2. The van der Waals surface area contributed by atoms with Gasteiger partial charge in [0.15, 0.2) is 0 Å². The van der Waals surface area contributed by atoms with E-state index in [2.05, 4.69) is 10.4 Å². The second-order valence-electron chi connectivity index (χ2n) is 6.72. The minimum Gasteiger partial charge on any atom is -0.545 e. The number of aromatic nitrogens is 2. The molecule has 0 aliphatic rings. The summed E-state index contributed by atoms with van der Waals surface area (Å²) in [6.07, 6.45) is 1.67. The van der Waals surface area contributed by atoms with Gasteiger partial charge in [-0.25, -0.2) is 4.68 Å². The third kappa shape index (κ3) is 4.30. The van der Waals surface area contributed by atoms with E-state index in [-0.39, 0.29) is 11.5 Å². The molecule has 4 rings (SSSR count). The van der Waals surface area contributed by atoms with Crippen LogP contribution in [-0.2, 0) is 0 Å². The number of amides is 1. The average Bonchev–Trinajstić information content (AvgIpc) is 3.26. The SMILES string of the molecule is COc1ccc(-c2nn(-c3ccccc3)cc2C(=O)Nc2ccc(C(=O)[O-])cc2)cc1. The Bertz CT molecular complexity index is 1210. The lowest BCUT2D eigenvalue weighted by Crippen LogP contribution is -2.22. The molecule has 7 heteroatoms. The van der Waals surface area contributed by atoms with Crippen molar-refractivity contribution in [2.75, 3.05) is 12.4 Å². The van der Waals surface area contributed by atoms with E-state index in [1.54, 1.807) is 30.1 Å². The molecule has 0 spiro atoms. The quantitative estimate of drug-likeness (QED) is 0.525. The first-order valence-electron chi connectivity index (χ1n) is 9.47. The average molecular weight is 412 g/mol. The van der Waals surface area contributed by atoms with Crippen molar-refractivity contribution in [3.05, 3.63) is 96.2 Å². The summed E-state index contributed by atoms with van der Waals surface area (Å²) in [5.74, 6) is -0.941. The van der Waals surface area contributed by atoms with Gasteiger partial charge in [0.1, 0.15) is 11.4 Å². The zero-order valence-electron chi connectivity index (χ0n) is 16.6. The fraction of sp³-hybridized carbons (Fsp3) is 0.0417. The summed E-state index contributed by atoms with van der Waals surface area (Å²) in [7, 11) is 1.59. The van der Waals surface area contributed by atoms with Crippen molar-refractivity contribution in [1.82, 2.24) is 9.78 Å². The molecule has 0 fully saturated rings. The van der Waals surface area contributed by atoms with E-state index >= 15 is 0 Å². The van der Waals surface area contributed by atoms with Gasteiger partial charge in [0, 0.05) is 17.4 Å². The lowest BCUT2D eigenvalue weighted by Gasteiger charge is -2.07. The number of methoxy groups -OCH3 is 1. The largest absolute Gasteiger partial charge is 0.545 e. The number of hydrogen-bond donors (Lipinski definition) is 1. The van der Waals surface area contributed by atoms with Gasteiger partial charge in [-0.3, -0.25) is 4.79 Å². The third-order valence-electron chi connectivity index (χ3n) is 4.72. The van der Waals surface area contributed by atoms with E-state index in [0.717, 1.165) is 11.3 Å². The number of nitrogens with zero attached hydrogens (tertiary/aromatic N) is 2. The first kappa shape index (κ1) is 19.9. The standard InChI is InChI=1S/C24H19N3O4/c1-31-20-13-9-16(10-14-20)22-21(15-27(26-22)19-5-3-2-4-6-19)23(28)25-18-11-7-17(8-12-18)24(29)30/h2-15H,1H3,(H,25,28)(H,29,30)/p-1. The lowest BCUT2D eigenvalue weighted by atomic mass is 10.1. The number of hydrogen-bond acceptors (Lipinski definition) is 5. The smallest absolute Gasteiger partial charge is 0.259 e. The summed E-state index contributed by atoms with van der Waals surface area (Å²) in [5.41, 5.74) is 2.95. The zero-order chi connectivity index (χ0) is 21.8. The summed E-state index contributed by atoms with van der Waals surface area (Å²) in [5, 5.41) is 18.3. The van der Waals surface area contributed by atoms with Crippen LogP contribution in [0.4, 0.5) is 5.69 Å². The predicted molar refractivity (Wildman–Crippen MR) is 114 cm³/mol. The molecule has 1 aromatic heterocycles. The summed E-state index contributed by atoms with van der Waals surface area (Å²) in [4.78, 5) is 24.0. The molecule has 1 heterocycles. The van der Waals surface area contributed by atoms with Gasteiger partial charge in [-0.15, -0.1) is 0 Å². The van der Waals surface area contributed by atoms with Crippen LogP contribution in [0.3, 0.4) is 0 Å². The predicted octanol–water partition coefficient (Wildman–Crippen LogP) is 3.16. The number of anilines is 1. The molecule has 0 unspecified atom stereocenters. The minimum absolute atomic E-state index is 0.0359. The van der Waals surface area contributed by atoms with Crippen LogP contribution in [0.2, 0.25) is 0 Å². The number of ether oxygens (including phenoxy) is 1. The van der Waals surface area contributed by atoms with E-state index < -0.39 is 5.97 Å². The van der Waals surface area contributed by atoms with E-state index in [9.17, 15) is 14.7 Å². The van der Waals surface area contributed by atoms with Crippen LogP contribution in [0.1, 0.15) is 20.7 Å². The molecule has 154 valence electrons. The number of rotatable bonds is 6. The molecule has 0 aliphatic carbocycles. The van der Waals surface area contributed by atoms with Gasteiger partial charge in [-0.1, -0.05) is 30.3 Å². The van der Waals surface area contributed by atoms with Crippen molar-refractivity contribution in [3.63, 3.8) is 0 Å². The van der Waals surface area contributed by atoms with Gasteiger partial charge in [-0.2, -0.15) is 5.10 Å². The van der Waals surface area contributed by atoms with Crippen molar-refractivity contribution in [3.8, 4) is 22.7 Å². The van der Waals surface area contributed by atoms with Crippen LogP contribution in [0.15, 0.2) is 85.1 Å². The first-order chi connectivity index (χ1) is 15.0. The van der Waals surface area contributed by atoms with Crippen LogP contribution in [0.25, 0.3) is 16.9 Å². The Morgan fingerprint density at radius 1 is 0.935 bits per heavy atom. The summed E-state index contributed by atoms with van der Waals surface area (Å²) >= 11 is 0. The normalized spacial score (nSPS) is 10.5. The van der Waals surface area contributed by atoms with Crippen molar-refractivity contribution in [1.29, 1.82) is 0 Å². The van der Waals surface area contributed by atoms with Gasteiger partial charge in [0.05, 0.1) is 24.3 Å². The van der Waals surface area contributed by atoms with Crippen LogP contribution >= 0.6 is 0 Å². The third-order valence-corrected chi connectivity index (χ3v) is 4.72. The molecule has 0 aliphatic heterocycles. The van der Waals surface area contributed by atoms with Crippen LogP contribution in [0, 0.1) is 0 Å². The Balaban J connectivity index is 1.71. The second kappa shape index (κ2) is 8.54. The number of carboxylic acid groups (broad SMARTS) is 1. The molecule has 0 radical (unpaired) electrons. The fourth-order valence-corrected chi connectivity index (χ4v) is 3.10. The van der Waals surface area contributed by atoms with Crippen molar-refractivity contribution in [2.24, 2.45) is 0 Å². The van der Waals surface area contributed by atoms with Gasteiger partial charge in [0.2, 0.25) is 0 Å². The topological polar surface area (TPSA) is 96.3 Å². The van der Waals surface area contributed by atoms with E-state index in [0.29, 0.717) is 22.7 Å². The van der Waals surface area contributed by atoms with Gasteiger partial charge in [0.25, 0.3) is 5.91 Å². The highest BCUT2D eigenvalue weighted by Crippen LogP contribution is 2.26. The number of carbonyl (C=O) groups excluding carboxylic acids is 2. The molecule has 4 aromatic rings. The molecule has 1 N–H and O–H groups in total. The Hall–Kier alpha value is -4.39. The van der Waals surface area contributed by atoms with Gasteiger partial charge in [-0.05, 0) is 54.1 Å². The molecule has 0 atom stereocenters. The molecule has 3 aromatic carbocycles. The number of carboxylic acids is 1. The second-order valence-corrected chi connectivity index (χ2v) is 6.72. The molecule has 0 bridgehead atoms. The fourth-order valence-electron chi connectivity index (χ4n) is 3.10. The Morgan fingerprint density at radius 3 is 2.23 bits per heavy atom. The minimum atomic E-state index is -1.27. The van der Waals surface area contributed by atoms with Crippen molar-refractivity contribution >= 4 is 17.6 Å². The molecule has 7 nitrogen and oxygen atoms in total. The highest BCUT2D eigenvalue weighted by molar-refractivity contribution is 6.08. The highest BCUT2D eigenvalue weighted by Gasteiger charge is 2.19. The van der Waals surface area contributed by atoms with Crippen molar-refractivity contribution < 1.29 is 19.4 Å². The van der Waals surface area contributed by atoms with E-state index in [1.807, 2.05) is 42.5 Å². The molecule has 0 saturated heterocycles. The molecular formula is C24H18N3O4-. The maximum Gasteiger partial charge on any atom is 0.259 e. The molecule has 1 amide bonds. The van der Waals surface area contributed by atoms with Crippen LogP contribution in [0.5, 0.6) is 5.75 Å². The number of para-hydroxylation sites is 1.